The number of hydrogen-bond acceptors (Lipinski definition) is 3. The van der Waals surface area contributed by atoms with Crippen LogP contribution in [0.3, 0.4) is 0 Å². The highest BCUT2D eigenvalue weighted by Gasteiger charge is 2.46. The summed E-state index contributed by atoms with van der Waals surface area (Å²) in [6, 6.07) is -0.351. The monoisotopic (exact) mass is 159 g/mol. The van der Waals surface area contributed by atoms with E-state index < -0.39 is 0 Å². The summed E-state index contributed by atoms with van der Waals surface area (Å²) in [6.45, 7) is 1.97. The van der Waals surface area contributed by atoms with E-state index in [1.54, 1.807) is 0 Å². The highest BCUT2D eigenvalue weighted by atomic mass is 32.1. The molecule has 1 aliphatic rings. The molecule has 1 atom stereocenters. The van der Waals surface area contributed by atoms with Crippen molar-refractivity contribution in [1.29, 1.82) is 0 Å². The van der Waals surface area contributed by atoms with Gasteiger partial charge in [-0.3, -0.25) is 4.79 Å². The summed E-state index contributed by atoms with van der Waals surface area (Å²) in [5.41, 5.74) is 5.44. The predicted octanol–water partition coefficient (Wildman–Crippen LogP) is 0.613. The second kappa shape index (κ2) is 2.55. The lowest BCUT2D eigenvalue weighted by Crippen LogP contribution is -2.36. The zero-order valence-corrected chi connectivity index (χ0v) is 7.03. The average molecular weight is 159 g/mol. The molecule has 0 radical (unpaired) electrons. The average Bonchev–Trinajstić information content (AvgIpc) is 2.66. The maximum absolute atomic E-state index is 11.3. The molecule has 58 valence electrons. The van der Waals surface area contributed by atoms with Crippen LogP contribution in [0.2, 0.25) is 0 Å². The smallest absolute Gasteiger partial charge is 0.156 e. The molecule has 0 amide bonds. The van der Waals surface area contributed by atoms with Crippen molar-refractivity contribution in [2.75, 3.05) is 5.75 Å². The molecule has 0 spiro atoms. The van der Waals surface area contributed by atoms with Crippen molar-refractivity contribution in [3.63, 3.8) is 0 Å². The van der Waals surface area contributed by atoms with Gasteiger partial charge < -0.3 is 5.73 Å². The Balaban J connectivity index is 2.49. The van der Waals surface area contributed by atoms with Gasteiger partial charge in [0.15, 0.2) is 5.78 Å². The normalized spacial score (nSPS) is 23.9. The predicted molar refractivity (Wildman–Crippen MR) is 44.2 cm³/mol. The number of ketones is 1. The van der Waals surface area contributed by atoms with E-state index >= 15 is 0 Å². The first-order valence-electron chi connectivity index (χ1n) is 3.51. The van der Waals surface area contributed by atoms with Crippen LogP contribution >= 0.6 is 12.6 Å². The van der Waals surface area contributed by atoms with Crippen LogP contribution < -0.4 is 5.73 Å². The minimum Gasteiger partial charge on any atom is -0.321 e. The Morgan fingerprint density at radius 3 is 2.60 bits per heavy atom. The fraction of sp³-hybridized carbons (Fsp3) is 0.857. The van der Waals surface area contributed by atoms with Crippen molar-refractivity contribution >= 4 is 18.4 Å². The van der Waals surface area contributed by atoms with Crippen LogP contribution in [0.4, 0.5) is 0 Å². The Morgan fingerprint density at radius 2 is 2.30 bits per heavy atom. The van der Waals surface area contributed by atoms with Gasteiger partial charge in [-0.2, -0.15) is 12.6 Å². The van der Waals surface area contributed by atoms with E-state index in [1.807, 2.05) is 6.92 Å². The lowest BCUT2D eigenvalue weighted by Gasteiger charge is -2.11. The Labute approximate surface area is 66.6 Å². The number of rotatable bonds is 3. The largest absolute Gasteiger partial charge is 0.321 e. The SMILES string of the molecule is CC1(C(=O)C(N)CS)CC1. The number of hydrogen-bond donors (Lipinski definition) is 2. The molecule has 10 heavy (non-hydrogen) atoms. The van der Waals surface area contributed by atoms with Gasteiger partial charge in [-0.25, -0.2) is 0 Å². The second-order valence-corrected chi connectivity index (χ2v) is 3.58. The van der Waals surface area contributed by atoms with E-state index in [0.29, 0.717) is 5.75 Å². The summed E-state index contributed by atoms with van der Waals surface area (Å²) >= 11 is 3.97. The fourth-order valence-electron chi connectivity index (χ4n) is 0.964. The van der Waals surface area contributed by atoms with E-state index in [9.17, 15) is 4.79 Å². The van der Waals surface area contributed by atoms with Gasteiger partial charge in [-0.15, -0.1) is 0 Å². The van der Waals surface area contributed by atoms with Crippen molar-refractivity contribution in [1.82, 2.24) is 0 Å². The molecule has 0 bridgehead atoms. The first-order valence-corrected chi connectivity index (χ1v) is 4.14. The summed E-state index contributed by atoms with van der Waals surface area (Å²) < 4.78 is 0. The van der Waals surface area contributed by atoms with Gasteiger partial charge in [-0.05, 0) is 12.8 Å². The first kappa shape index (κ1) is 8.08. The number of carbonyl (C=O) groups excluding carboxylic acids is 1. The molecule has 0 heterocycles. The lowest BCUT2D eigenvalue weighted by molar-refractivity contribution is -0.124. The number of thiol groups is 1. The fourth-order valence-corrected chi connectivity index (χ4v) is 1.13. The molecule has 1 aliphatic carbocycles. The molecule has 0 aromatic heterocycles. The molecule has 0 aromatic carbocycles. The first-order chi connectivity index (χ1) is 4.60. The van der Waals surface area contributed by atoms with Crippen LogP contribution in [0.5, 0.6) is 0 Å². The maximum Gasteiger partial charge on any atom is 0.156 e. The molecule has 1 fully saturated rings. The molecule has 0 saturated heterocycles. The standard InChI is InChI=1S/C7H13NOS/c1-7(2-3-7)6(9)5(8)4-10/h5,10H,2-4,8H2,1H3. The minimum atomic E-state index is -0.351. The van der Waals surface area contributed by atoms with Crippen molar-refractivity contribution < 1.29 is 4.79 Å². The molecule has 2 N–H and O–H groups in total. The summed E-state index contributed by atoms with van der Waals surface area (Å²) in [6.07, 6.45) is 2.01. The van der Waals surface area contributed by atoms with Gasteiger partial charge >= 0.3 is 0 Å². The molecule has 0 aliphatic heterocycles. The third-order valence-corrected chi connectivity index (χ3v) is 2.52. The van der Waals surface area contributed by atoms with Crippen molar-refractivity contribution in [3.8, 4) is 0 Å². The topological polar surface area (TPSA) is 43.1 Å². The number of nitrogens with two attached hydrogens (primary N) is 1. The third kappa shape index (κ3) is 1.35. The molecule has 1 rings (SSSR count). The Hall–Kier alpha value is -0.0200. The summed E-state index contributed by atoms with van der Waals surface area (Å²) in [7, 11) is 0. The number of carbonyl (C=O) groups is 1. The summed E-state index contributed by atoms with van der Waals surface area (Å²) in [5.74, 6) is 0.650. The van der Waals surface area contributed by atoms with Crippen LogP contribution in [0.15, 0.2) is 0 Å². The van der Waals surface area contributed by atoms with E-state index in [1.165, 1.54) is 0 Å². The highest BCUT2D eigenvalue weighted by Crippen LogP contribution is 2.46. The number of Topliss-reactive ketones (excluding diaryl/α,β-unsaturated/α-hetero) is 1. The van der Waals surface area contributed by atoms with Crippen molar-refractivity contribution in [2.24, 2.45) is 11.1 Å². The Kier molecular flexibility index (Phi) is 2.06. The van der Waals surface area contributed by atoms with Crippen LogP contribution in [0.1, 0.15) is 19.8 Å². The van der Waals surface area contributed by atoms with Crippen LogP contribution in [-0.2, 0) is 4.79 Å². The molecule has 1 unspecified atom stereocenters. The van der Waals surface area contributed by atoms with Crippen LogP contribution in [-0.4, -0.2) is 17.6 Å². The minimum absolute atomic E-state index is 0.0812. The second-order valence-electron chi connectivity index (χ2n) is 3.21. The van der Waals surface area contributed by atoms with Crippen molar-refractivity contribution in [3.05, 3.63) is 0 Å². The summed E-state index contributed by atoms with van der Waals surface area (Å²) in [4.78, 5) is 11.3. The van der Waals surface area contributed by atoms with E-state index in [4.69, 9.17) is 5.73 Å². The van der Waals surface area contributed by atoms with Gasteiger partial charge in [0.1, 0.15) is 0 Å². The zero-order chi connectivity index (χ0) is 7.78. The van der Waals surface area contributed by atoms with E-state index in [-0.39, 0.29) is 17.2 Å². The zero-order valence-electron chi connectivity index (χ0n) is 6.13. The van der Waals surface area contributed by atoms with Gasteiger partial charge in [0.05, 0.1) is 6.04 Å². The molecular formula is C7H13NOS. The van der Waals surface area contributed by atoms with Crippen molar-refractivity contribution in [2.45, 2.75) is 25.8 Å². The van der Waals surface area contributed by atoms with E-state index in [2.05, 4.69) is 12.6 Å². The van der Waals surface area contributed by atoms with E-state index in [0.717, 1.165) is 12.8 Å². The molecular weight excluding hydrogens is 146 g/mol. The van der Waals surface area contributed by atoms with Gasteiger partial charge in [0.25, 0.3) is 0 Å². The van der Waals surface area contributed by atoms with Gasteiger partial charge in [-0.1, -0.05) is 6.92 Å². The molecule has 2 nitrogen and oxygen atoms in total. The van der Waals surface area contributed by atoms with Gasteiger partial charge in [0, 0.05) is 11.2 Å². The molecule has 1 saturated carbocycles. The molecule has 3 heteroatoms. The highest BCUT2D eigenvalue weighted by molar-refractivity contribution is 7.80. The van der Waals surface area contributed by atoms with Crippen LogP contribution in [0, 0.1) is 5.41 Å². The Bertz CT molecular complexity index is 154. The maximum atomic E-state index is 11.3. The van der Waals surface area contributed by atoms with Crippen LogP contribution in [0.25, 0.3) is 0 Å². The molecule has 0 aromatic rings. The Morgan fingerprint density at radius 1 is 1.80 bits per heavy atom. The summed E-state index contributed by atoms with van der Waals surface area (Å²) in [5, 5.41) is 0. The quantitative estimate of drug-likeness (QED) is 0.593. The lowest BCUT2D eigenvalue weighted by atomic mass is 9.99. The van der Waals surface area contributed by atoms with Gasteiger partial charge in [0.2, 0.25) is 0 Å². The third-order valence-electron chi connectivity index (χ3n) is 2.13.